The van der Waals surface area contributed by atoms with Crippen molar-refractivity contribution in [3.8, 4) is 0 Å². The number of hydrogen-bond acceptors (Lipinski definition) is 3. The number of benzene rings is 1. The summed E-state index contributed by atoms with van der Waals surface area (Å²) in [5, 5.41) is 6.67. The molecule has 6 heteroatoms. The first kappa shape index (κ1) is 13.1. The number of carbonyl (C=O) groups is 1. The van der Waals surface area contributed by atoms with Crippen LogP contribution in [0.4, 0.5) is 15.8 Å². The molecule has 0 radical (unpaired) electrons. The second-order valence-corrected chi connectivity index (χ2v) is 4.16. The van der Waals surface area contributed by atoms with Crippen LogP contribution in [0.5, 0.6) is 0 Å². The standard InChI is InChI=1S/C13H15FN4O/c1-3-18-7-10(15)12(17-18)13(19)16-11-6-4-5-9(14)8(11)2/h4-7H,3,15H2,1-2H3,(H,16,19). The smallest absolute Gasteiger partial charge is 0.278 e. The third kappa shape index (κ3) is 2.57. The van der Waals surface area contributed by atoms with E-state index < -0.39 is 5.91 Å². The number of carbonyl (C=O) groups excluding carboxylic acids is 1. The lowest BCUT2D eigenvalue weighted by atomic mass is 10.2. The first-order valence-electron chi connectivity index (χ1n) is 5.92. The lowest BCUT2D eigenvalue weighted by molar-refractivity contribution is 0.102. The molecule has 100 valence electrons. The summed E-state index contributed by atoms with van der Waals surface area (Å²) in [7, 11) is 0. The highest BCUT2D eigenvalue weighted by Gasteiger charge is 2.16. The molecule has 0 saturated carbocycles. The van der Waals surface area contributed by atoms with Crippen molar-refractivity contribution in [3.05, 3.63) is 41.5 Å². The molecular formula is C13H15FN4O. The van der Waals surface area contributed by atoms with E-state index in [1.807, 2.05) is 6.92 Å². The van der Waals surface area contributed by atoms with E-state index >= 15 is 0 Å². The number of nitrogen functional groups attached to an aromatic ring is 1. The summed E-state index contributed by atoms with van der Waals surface area (Å²) >= 11 is 0. The van der Waals surface area contributed by atoms with Crippen molar-refractivity contribution >= 4 is 17.3 Å². The van der Waals surface area contributed by atoms with E-state index in [0.717, 1.165) is 0 Å². The molecule has 0 aliphatic heterocycles. The molecule has 0 aliphatic rings. The Labute approximate surface area is 110 Å². The van der Waals surface area contributed by atoms with Gasteiger partial charge in [-0.3, -0.25) is 9.48 Å². The third-order valence-electron chi connectivity index (χ3n) is 2.84. The van der Waals surface area contributed by atoms with Gasteiger partial charge in [0.1, 0.15) is 5.82 Å². The quantitative estimate of drug-likeness (QED) is 0.890. The fraction of sp³-hybridized carbons (Fsp3) is 0.231. The second-order valence-electron chi connectivity index (χ2n) is 4.16. The van der Waals surface area contributed by atoms with Crippen LogP contribution in [0.3, 0.4) is 0 Å². The number of nitrogens with two attached hydrogens (primary N) is 1. The summed E-state index contributed by atoms with van der Waals surface area (Å²) in [5.41, 5.74) is 6.96. The molecule has 0 fully saturated rings. The Morgan fingerprint density at radius 1 is 1.53 bits per heavy atom. The third-order valence-corrected chi connectivity index (χ3v) is 2.84. The number of nitrogens with zero attached hydrogens (tertiary/aromatic N) is 2. The number of hydrogen-bond donors (Lipinski definition) is 2. The molecular weight excluding hydrogens is 247 g/mol. The first-order valence-corrected chi connectivity index (χ1v) is 5.92. The van der Waals surface area contributed by atoms with Gasteiger partial charge in [0, 0.05) is 24.0 Å². The highest BCUT2D eigenvalue weighted by molar-refractivity contribution is 6.06. The Morgan fingerprint density at radius 2 is 2.26 bits per heavy atom. The van der Waals surface area contributed by atoms with Gasteiger partial charge in [-0.05, 0) is 26.0 Å². The van der Waals surface area contributed by atoms with Gasteiger partial charge in [-0.1, -0.05) is 6.07 Å². The maximum Gasteiger partial charge on any atom is 0.278 e. The Balaban J connectivity index is 2.25. The summed E-state index contributed by atoms with van der Waals surface area (Å²) in [6.07, 6.45) is 1.59. The number of rotatable bonds is 3. The number of aromatic nitrogens is 2. The molecule has 0 unspecified atom stereocenters. The van der Waals surface area contributed by atoms with Crippen molar-refractivity contribution < 1.29 is 9.18 Å². The molecule has 19 heavy (non-hydrogen) atoms. The van der Waals surface area contributed by atoms with Crippen molar-refractivity contribution in [2.45, 2.75) is 20.4 Å². The number of anilines is 2. The van der Waals surface area contributed by atoms with Crippen LogP contribution in [0.15, 0.2) is 24.4 Å². The maximum absolute atomic E-state index is 13.4. The van der Waals surface area contributed by atoms with E-state index in [-0.39, 0.29) is 11.5 Å². The molecule has 5 nitrogen and oxygen atoms in total. The van der Waals surface area contributed by atoms with Crippen LogP contribution in [0.25, 0.3) is 0 Å². The van der Waals surface area contributed by atoms with E-state index in [1.165, 1.54) is 12.1 Å². The highest BCUT2D eigenvalue weighted by atomic mass is 19.1. The van der Waals surface area contributed by atoms with Crippen molar-refractivity contribution in [1.82, 2.24) is 9.78 Å². The number of nitrogens with one attached hydrogen (secondary N) is 1. The second kappa shape index (κ2) is 5.09. The Hall–Kier alpha value is -2.37. The van der Waals surface area contributed by atoms with Gasteiger partial charge in [0.05, 0.1) is 5.69 Å². The molecule has 2 rings (SSSR count). The summed E-state index contributed by atoms with van der Waals surface area (Å²) in [5.74, 6) is -0.816. The molecule has 1 amide bonds. The van der Waals surface area contributed by atoms with Crippen LogP contribution in [-0.2, 0) is 6.54 Å². The predicted molar refractivity (Wildman–Crippen MR) is 71.4 cm³/mol. The van der Waals surface area contributed by atoms with E-state index in [9.17, 15) is 9.18 Å². The average molecular weight is 262 g/mol. The van der Waals surface area contributed by atoms with Crippen LogP contribution in [0.1, 0.15) is 23.0 Å². The SMILES string of the molecule is CCn1cc(N)c(C(=O)Nc2cccc(F)c2C)n1. The zero-order valence-electron chi connectivity index (χ0n) is 10.8. The highest BCUT2D eigenvalue weighted by Crippen LogP contribution is 2.19. The zero-order chi connectivity index (χ0) is 14.0. The minimum Gasteiger partial charge on any atom is -0.396 e. The van der Waals surface area contributed by atoms with Crippen LogP contribution in [-0.4, -0.2) is 15.7 Å². The van der Waals surface area contributed by atoms with Crippen LogP contribution in [0.2, 0.25) is 0 Å². The number of halogens is 1. The zero-order valence-corrected chi connectivity index (χ0v) is 10.8. The average Bonchev–Trinajstić information content (AvgIpc) is 2.76. The molecule has 3 N–H and O–H groups in total. The summed E-state index contributed by atoms with van der Waals surface area (Å²) < 4.78 is 14.9. The van der Waals surface area contributed by atoms with Crippen molar-refractivity contribution in [2.24, 2.45) is 0 Å². The van der Waals surface area contributed by atoms with Crippen molar-refractivity contribution in [3.63, 3.8) is 0 Å². The van der Waals surface area contributed by atoms with E-state index in [4.69, 9.17) is 5.73 Å². The van der Waals surface area contributed by atoms with Gasteiger partial charge in [-0.15, -0.1) is 0 Å². The van der Waals surface area contributed by atoms with Gasteiger partial charge in [0.25, 0.3) is 5.91 Å². The summed E-state index contributed by atoms with van der Waals surface area (Å²) in [6.45, 7) is 4.11. The number of aryl methyl sites for hydroxylation is 1. The maximum atomic E-state index is 13.4. The molecule has 0 atom stereocenters. The molecule has 0 saturated heterocycles. The minimum absolute atomic E-state index is 0.144. The Morgan fingerprint density at radius 3 is 2.89 bits per heavy atom. The Bertz CT molecular complexity index is 621. The topological polar surface area (TPSA) is 72.9 Å². The van der Waals surface area contributed by atoms with E-state index in [2.05, 4.69) is 10.4 Å². The van der Waals surface area contributed by atoms with Gasteiger partial charge < -0.3 is 11.1 Å². The van der Waals surface area contributed by atoms with Crippen LogP contribution < -0.4 is 11.1 Å². The molecule has 0 spiro atoms. The molecule has 0 bridgehead atoms. The molecule has 0 aliphatic carbocycles. The Kier molecular flexibility index (Phi) is 3.50. The van der Waals surface area contributed by atoms with Crippen LogP contribution >= 0.6 is 0 Å². The van der Waals surface area contributed by atoms with Crippen LogP contribution in [0, 0.1) is 12.7 Å². The minimum atomic E-state index is -0.446. The lowest BCUT2D eigenvalue weighted by Gasteiger charge is -2.07. The molecule has 1 aromatic heterocycles. The van der Waals surface area contributed by atoms with Gasteiger partial charge in [0.15, 0.2) is 5.69 Å². The molecule has 2 aromatic rings. The predicted octanol–water partition coefficient (Wildman–Crippen LogP) is 2.19. The van der Waals surface area contributed by atoms with E-state index in [1.54, 1.807) is 23.9 Å². The molecule has 1 aromatic carbocycles. The van der Waals surface area contributed by atoms with E-state index in [0.29, 0.717) is 23.5 Å². The summed E-state index contributed by atoms with van der Waals surface area (Å²) in [4.78, 5) is 12.0. The van der Waals surface area contributed by atoms with Gasteiger partial charge in [-0.2, -0.15) is 5.10 Å². The molecule has 1 heterocycles. The number of amides is 1. The fourth-order valence-corrected chi connectivity index (χ4v) is 1.70. The van der Waals surface area contributed by atoms with Gasteiger partial charge in [-0.25, -0.2) is 4.39 Å². The first-order chi connectivity index (χ1) is 9.02. The van der Waals surface area contributed by atoms with Gasteiger partial charge in [0.2, 0.25) is 0 Å². The largest absolute Gasteiger partial charge is 0.396 e. The van der Waals surface area contributed by atoms with Gasteiger partial charge >= 0.3 is 0 Å². The van der Waals surface area contributed by atoms with Crippen molar-refractivity contribution in [1.29, 1.82) is 0 Å². The monoisotopic (exact) mass is 262 g/mol. The fourth-order valence-electron chi connectivity index (χ4n) is 1.70. The summed E-state index contributed by atoms with van der Waals surface area (Å²) in [6, 6.07) is 4.50. The van der Waals surface area contributed by atoms with Crippen molar-refractivity contribution in [2.75, 3.05) is 11.1 Å². The lowest BCUT2D eigenvalue weighted by Crippen LogP contribution is -2.15. The normalized spacial score (nSPS) is 10.5.